The third-order valence-electron chi connectivity index (χ3n) is 1.85. The molecular formula is C11H14. The molecule has 0 aromatic carbocycles. The van der Waals surface area contributed by atoms with Crippen molar-refractivity contribution in [1.82, 2.24) is 0 Å². The summed E-state index contributed by atoms with van der Waals surface area (Å²) in [5.74, 6) is 5.77. The van der Waals surface area contributed by atoms with Crippen LogP contribution in [0.3, 0.4) is 0 Å². The van der Waals surface area contributed by atoms with E-state index < -0.39 is 0 Å². The minimum Gasteiger partial charge on any atom is -0.102 e. The molecule has 0 atom stereocenters. The van der Waals surface area contributed by atoms with Crippen LogP contribution in [0.2, 0.25) is 0 Å². The molecule has 0 unspecified atom stereocenters. The summed E-state index contributed by atoms with van der Waals surface area (Å²) in [6, 6.07) is 0. The summed E-state index contributed by atoms with van der Waals surface area (Å²) in [6.07, 6.45) is 11.6. The minimum absolute atomic E-state index is 1.24. The topological polar surface area (TPSA) is 0 Å². The molecule has 0 aliphatic heterocycles. The van der Waals surface area contributed by atoms with Gasteiger partial charge in [0.2, 0.25) is 0 Å². The molecule has 0 heterocycles. The zero-order valence-electron chi connectivity index (χ0n) is 7.06. The Balaban J connectivity index is 2.45. The van der Waals surface area contributed by atoms with Gasteiger partial charge >= 0.3 is 0 Å². The van der Waals surface area contributed by atoms with Crippen molar-refractivity contribution >= 4 is 0 Å². The summed E-state index contributed by atoms with van der Waals surface area (Å²) in [5, 5.41) is 0. The lowest BCUT2D eigenvalue weighted by Crippen LogP contribution is -1.87. The average Bonchev–Trinajstić information content (AvgIpc) is 2.07. The van der Waals surface area contributed by atoms with Gasteiger partial charge in [-0.3, -0.25) is 0 Å². The van der Waals surface area contributed by atoms with Crippen molar-refractivity contribution in [3.63, 3.8) is 0 Å². The Labute approximate surface area is 69.0 Å². The summed E-state index contributed by atoms with van der Waals surface area (Å²) in [6.45, 7) is 1.86. The second kappa shape index (κ2) is 4.79. The molecule has 0 saturated carbocycles. The predicted molar refractivity (Wildman–Crippen MR) is 49.1 cm³/mol. The van der Waals surface area contributed by atoms with Crippen LogP contribution in [-0.2, 0) is 0 Å². The molecule has 0 saturated heterocycles. The Kier molecular flexibility index (Phi) is 3.55. The average molecular weight is 146 g/mol. The van der Waals surface area contributed by atoms with Crippen LogP contribution in [0.15, 0.2) is 23.8 Å². The lowest BCUT2D eigenvalue weighted by atomic mass is 9.99. The standard InChI is InChI=1S/C11H14/c1-2-3-5-8-11-9-6-4-7-10-11/h5,8-9H,4,6-7,10H2,1H3/b8-5+. The molecular weight excluding hydrogens is 132 g/mol. The van der Waals surface area contributed by atoms with Gasteiger partial charge in [-0.25, -0.2) is 0 Å². The van der Waals surface area contributed by atoms with Crippen molar-refractivity contribution in [2.24, 2.45) is 0 Å². The molecule has 11 heavy (non-hydrogen) atoms. The molecule has 58 valence electrons. The summed E-state index contributed by atoms with van der Waals surface area (Å²) in [5.41, 5.74) is 1.46. The number of allylic oxidation sites excluding steroid dienone is 4. The predicted octanol–water partition coefficient (Wildman–Crippen LogP) is 3.07. The molecule has 0 bridgehead atoms. The normalized spacial score (nSPS) is 17.4. The van der Waals surface area contributed by atoms with Gasteiger partial charge in [0.05, 0.1) is 0 Å². The molecule has 0 N–H and O–H groups in total. The van der Waals surface area contributed by atoms with Crippen molar-refractivity contribution in [2.45, 2.75) is 32.6 Å². The summed E-state index contributed by atoms with van der Waals surface area (Å²) in [7, 11) is 0. The summed E-state index contributed by atoms with van der Waals surface area (Å²) in [4.78, 5) is 0. The first-order chi connectivity index (χ1) is 5.43. The Morgan fingerprint density at radius 1 is 1.45 bits per heavy atom. The van der Waals surface area contributed by atoms with E-state index in [2.05, 4.69) is 24.0 Å². The number of hydrogen-bond donors (Lipinski definition) is 0. The highest BCUT2D eigenvalue weighted by atomic mass is 14.0. The third kappa shape index (κ3) is 3.09. The third-order valence-corrected chi connectivity index (χ3v) is 1.85. The van der Waals surface area contributed by atoms with Crippen LogP contribution in [0.1, 0.15) is 32.6 Å². The van der Waals surface area contributed by atoms with Crippen LogP contribution in [0, 0.1) is 11.8 Å². The minimum atomic E-state index is 1.24. The zero-order chi connectivity index (χ0) is 7.94. The first kappa shape index (κ1) is 8.14. The van der Waals surface area contributed by atoms with Crippen molar-refractivity contribution in [3.8, 4) is 11.8 Å². The molecule has 0 aromatic rings. The molecule has 0 aromatic heterocycles. The van der Waals surface area contributed by atoms with E-state index in [1.807, 2.05) is 13.0 Å². The van der Waals surface area contributed by atoms with Gasteiger partial charge in [0.25, 0.3) is 0 Å². The maximum Gasteiger partial charge on any atom is -0.00235 e. The molecule has 0 nitrogen and oxygen atoms in total. The van der Waals surface area contributed by atoms with Gasteiger partial charge in [0.15, 0.2) is 0 Å². The molecule has 0 amide bonds. The maximum absolute atomic E-state index is 2.92. The molecule has 1 aliphatic carbocycles. The lowest BCUT2D eigenvalue weighted by molar-refractivity contribution is 0.712. The van der Waals surface area contributed by atoms with Crippen LogP contribution in [0.5, 0.6) is 0 Å². The molecule has 0 heteroatoms. The highest BCUT2D eigenvalue weighted by Gasteiger charge is 1.98. The van der Waals surface area contributed by atoms with Crippen molar-refractivity contribution in [1.29, 1.82) is 0 Å². The molecule has 1 rings (SSSR count). The van der Waals surface area contributed by atoms with Crippen LogP contribution in [-0.4, -0.2) is 0 Å². The largest absolute Gasteiger partial charge is 0.102 e. The monoisotopic (exact) mass is 146 g/mol. The fourth-order valence-corrected chi connectivity index (χ4v) is 1.25. The first-order valence-electron chi connectivity index (χ1n) is 4.21. The van der Waals surface area contributed by atoms with Gasteiger partial charge in [-0.1, -0.05) is 23.6 Å². The molecule has 0 spiro atoms. The maximum atomic E-state index is 2.92. The van der Waals surface area contributed by atoms with Crippen molar-refractivity contribution < 1.29 is 0 Å². The van der Waals surface area contributed by atoms with E-state index in [4.69, 9.17) is 0 Å². The Morgan fingerprint density at radius 3 is 3.00 bits per heavy atom. The lowest BCUT2D eigenvalue weighted by Gasteiger charge is -2.06. The van der Waals surface area contributed by atoms with Gasteiger partial charge in [0.1, 0.15) is 0 Å². The van der Waals surface area contributed by atoms with E-state index in [-0.39, 0.29) is 0 Å². The van der Waals surface area contributed by atoms with Crippen LogP contribution in [0.25, 0.3) is 0 Å². The zero-order valence-corrected chi connectivity index (χ0v) is 7.06. The van der Waals surface area contributed by atoms with E-state index >= 15 is 0 Å². The van der Waals surface area contributed by atoms with Crippen molar-refractivity contribution in [3.05, 3.63) is 23.8 Å². The first-order valence-corrected chi connectivity index (χ1v) is 4.21. The second-order valence-corrected chi connectivity index (χ2v) is 2.75. The highest BCUT2D eigenvalue weighted by molar-refractivity contribution is 5.26. The molecule has 1 aliphatic rings. The SMILES string of the molecule is CC#C/C=C/C1=CCCCC1. The van der Waals surface area contributed by atoms with Crippen LogP contribution >= 0.6 is 0 Å². The van der Waals surface area contributed by atoms with Gasteiger partial charge in [0, 0.05) is 0 Å². The van der Waals surface area contributed by atoms with Gasteiger partial charge in [-0.2, -0.15) is 0 Å². The quantitative estimate of drug-likeness (QED) is 0.499. The fourth-order valence-electron chi connectivity index (χ4n) is 1.25. The summed E-state index contributed by atoms with van der Waals surface area (Å²) < 4.78 is 0. The van der Waals surface area contributed by atoms with Crippen LogP contribution < -0.4 is 0 Å². The van der Waals surface area contributed by atoms with E-state index in [0.717, 1.165) is 0 Å². The van der Waals surface area contributed by atoms with E-state index in [1.165, 1.54) is 31.3 Å². The number of rotatable bonds is 1. The Bertz CT molecular complexity index is 220. The smallest absolute Gasteiger partial charge is 0.00235 e. The van der Waals surface area contributed by atoms with Gasteiger partial charge in [-0.05, 0) is 38.7 Å². The van der Waals surface area contributed by atoms with Crippen LogP contribution in [0.4, 0.5) is 0 Å². The Hall–Kier alpha value is -0.960. The number of hydrogen-bond acceptors (Lipinski definition) is 0. The fraction of sp³-hybridized carbons (Fsp3) is 0.455. The van der Waals surface area contributed by atoms with Gasteiger partial charge in [-0.15, -0.1) is 5.92 Å². The second-order valence-electron chi connectivity index (χ2n) is 2.75. The molecule has 0 fully saturated rings. The van der Waals surface area contributed by atoms with Crippen molar-refractivity contribution in [2.75, 3.05) is 0 Å². The van der Waals surface area contributed by atoms with E-state index in [9.17, 15) is 0 Å². The highest BCUT2D eigenvalue weighted by Crippen LogP contribution is 2.17. The van der Waals surface area contributed by atoms with E-state index in [1.54, 1.807) is 0 Å². The van der Waals surface area contributed by atoms with E-state index in [0.29, 0.717) is 0 Å². The summed E-state index contributed by atoms with van der Waals surface area (Å²) >= 11 is 0. The van der Waals surface area contributed by atoms with Gasteiger partial charge < -0.3 is 0 Å². The Morgan fingerprint density at radius 2 is 2.36 bits per heavy atom. The molecule has 0 radical (unpaired) electrons.